The quantitative estimate of drug-likeness (QED) is 0.552. The first-order valence-electron chi connectivity index (χ1n) is 5.24. The number of rotatable bonds is 3. The average Bonchev–Trinajstić information content (AvgIpc) is 2.56. The maximum Gasteiger partial charge on any atom is 0.309 e. The van der Waals surface area contributed by atoms with Gasteiger partial charge in [0.15, 0.2) is 14.6 Å². The van der Waals surface area contributed by atoms with E-state index in [-0.39, 0.29) is 25.0 Å². The Kier molecular flexibility index (Phi) is 3.62. The van der Waals surface area contributed by atoms with E-state index in [2.05, 4.69) is 6.58 Å². The van der Waals surface area contributed by atoms with Crippen LogP contribution in [0.5, 0.6) is 0 Å². The van der Waals surface area contributed by atoms with Crippen LogP contribution in [-0.4, -0.2) is 32.0 Å². The minimum atomic E-state index is -3.61. The normalized spacial score (nSPS) is 28.8. The second kappa shape index (κ2) is 4.49. The van der Waals surface area contributed by atoms with Crippen molar-refractivity contribution in [1.82, 2.24) is 0 Å². The first kappa shape index (κ1) is 13.7. The molecule has 1 aliphatic rings. The summed E-state index contributed by atoms with van der Waals surface area (Å²) in [6.07, 6.45) is 1.13. The Bertz CT molecular complexity index is 488. The topological polar surface area (TPSA) is 84.2 Å². The lowest BCUT2D eigenvalue weighted by Gasteiger charge is -2.19. The van der Waals surface area contributed by atoms with E-state index in [0.717, 1.165) is 6.26 Å². The summed E-state index contributed by atoms with van der Waals surface area (Å²) in [6.45, 7) is 5.54. The number of esters is 1. The van der Waals surface area contributed by atoms with Crippen molar-refractivity contribution in [3.8, 4) is 6.07 Å². The predicted octanol–water partition coefficient (Wildman–Crippen LogP) is 0.823. The Hall–Kier alpha value is -1.35. The molecule has 0 radical (unpaired) electrons. The standard InChI is InChI=1S/C11H15NO4S/c1-4-16-10(13)9-5-8(2)11(6-9,7-12)17(3,14)15/h9H,2,4-6H2,1,3H3/t9-,11-/m0/s1. The molecule has 17 heavy (non-hydrogen) atoms. The van der Waals surface area contributed by atoms with Gasteiger partial charge in [-0.2, -0.15) is 5.26 Å². The molecule has 2 atom stereocenters. The molecule has 0 saturated heterocycles. The van der Waals surface area contributed by atoms with Crippen LogP contribution in [0.15, 0.2) is 12.2 Å². The number of ether oxygens (including phenoxy) is 1. The van der Waals surface area contributed by atoms with Gasteiger partial charge in [-0.1, -0.05) is 6.58 Å². The van der Waals surface area contributed by atoms with Crippen molar-refractivity contribution in [2.75, 3.05) is 12.9 Å². The van der Waals surface area contributed by atoms with Crippen LogP contribution in [0.3, 0.4) is 0 Å². The molecule has 1 aliphatic carbocycles. The Morgan fingerprint density at radius 3 is 2.65 bits per heavy atom. The van der Waals surface area contributed by atoms with E-state index in [1.54, 1.807) is 13.0 Å². The molecule has 0 spiro atoms. The van der Waals surface area contributed by atoms with Crippen LogP contribution < -0.4 is 0 Å². The van der Waals surface area contributed by atoms with Crippen LogP contribution in [0.25, 0.3) is 0 Å². The molecule has 5 nitrogen and oxygen atoms in total. The maximum absolute atomic E-state index is 11.7. The van der Waals surface area contributed by atoms with E-state index in [9.17, 15) is 13.2 Å². The molecule has 0 bridgehead atoms. The van der Waals surface area contributed by atoms with E-state index < -0.39 is 26.5 Å². The number of carbonyl (C=O) groups excluding carboxylic acids is 1. The van der Waals surface area contributed by atoms with Crippen LogP contribution in [-0.2, 0) is 19.4 Å². The average molecular weight is 257 g/mol. The molecule has 94 valence electrons. The minimum Gasteiger partial charge on any atom is -0.466 e. The van der Waals surface area contributed by atoms with Gasteiger partial charge in [0.1, 0.15) is 0 Å². The summed E-state index contributed by atoms with van der Waals surface area (Å²) in [5, 5.41) is 9.11. The molecule has 0 unspecified atom stereocenters. The third-order valence-corrected chi connectivity index (χ3v) is 4.84. The summed E-state index contributed by atoms with van der Waals surface area (Å²) < 4.78 is 26.6. The highest BCUT2D eigenvalue weighted by Crippen LogP contribution is 2.43. The van der Waals surface area contributed by atoms with E-state index in [0.29, 0.717) is 0 Å². The maximum atomic E-state index is 11.7. The fourth-order valence-corrected chi connectivity index (χ4v) is 3.35. The molecule has 6 heteroatoms. The van der Waals surface area contributed by atoms with Crippen LogP contribution in [0.4, 0.5) is 0 Å². The van der Waals surface area contributed by atoms with Crippen molar-refractivity contribution >= 4 is 15.8 Å². The molecule has 1 fully saturated rings. The summed E-state index contributed by atoms with van der Waals surface area (Å²) in [4.78, 5) is 11.6. The van der Waals surface area contributed by atoms with Gasteiger partial charge in [-0.05, 0) is 25.3 Å². The van der Waals surface area contributed by atoms with E-state index >= 15 is 0 Å². The number of hydrogen-bond acceptors (Lipinski definition) is 5. The van der Waals surface area contributed by atoms with Gasteiger partial charge < -0.3 is 4.74 Å². The molecular formula is C11H15NO4S. The Balaban J connectivity index is 3.06. The summed E-state index contributed by atoms with van der Waals surface area (Å²) >= 11 is 0. The molecule has 0 aromatic heterocycles. The summed E-state index contributed by atoms with van der Waals surface area (Å²) in [7, 11) is -3.61. The Morgan fingerprint density at radius 1 is 1.71 bits per heavy atom. The lowest BCUT2D eigenvalue weighted by molar-refractivity contribution is -0.147. The van der Waals surface area contributed by atoms with E-state index in [1.807, 2.05) is 0 Å². The fourth-order valence-electron chi connectivity index (χ4n) is 2.07. The molecule has 0 heterocycles. The zero-order valence-electron chi connectivity index (χ0n) is 9.89. The third-order valence-electron chi connectivity index (χ3n) is 3.03. The number of sulfone groups is 1. The Morgan fingerprint density at radius 2 is 2.29 bits per heavy atom. The molecule has 1 rings (SSSR count). The second-order valence-electron chi connectivity index (χ2n) is 4.17. The monoisotopic (exact) mass is 257 g/mol. The first-order chi connectivity index (χ1) is 7.78. The van der Waals surface area contributed by atoms with Crippen molar-refractivity contribution in [2.24, 2.45) is 5.92 Å². The Labute approximate surface area is 101 Å². The zero-order valence-corrected chi connectivity index (χ0v) is 10.7. The van der Waals surface area contributed by atoms with Gasteiger partial charge in [-0.15, -0.1) is 0 Å². The van der Waals surface area contributed by atoms with Crippen molar-refractivity contribution in [3.05, 3.63) is 12.2 Å². The van der Waals surface area contributed by atoms with Gasteiger partial charge in [0.05, 0.1) is 18.6 Å². The van der Waals surface area contributed by atoms with Gasteiger partial charge in [-0.3, -0.25) is 4.79 Å². The summed E-state index contributed by atoms with van der Waals surface area (Å²) in [5.41, 5.74) is 0.278. The lowest BCUT2D eigenvalue weighted by atomic mass is 10.0. The highest BCUT2D eigenvalue weighted by molar-refractivity contribution is 7.92. The van der Waals surface area contributed by atoms with Crippen LogP contribution >= 0.6 is 0 Å². The van der Waals surface area contributed by atoms with E-state index in [1.165, 1.54) is 0 Å². The first-order valence-corrected chi connectivity index (χ1v) is 7.13. The molecular weight excluding hydrogens is 242 g/mol. The summed E-state index contributed by atoms with van der Waals surface area (Å²) in [5.74, 6) is -1.05. The minimum absolute atomic E-state index is 0.0556. The fraction of sp³-hybridized carbons (Fsp3) is 0.636. The predicted molar refractivity (Wildman–Crippen MR) is 61.7 cm³/mol. The highest BCUT2D eigenvalue weighted by Gasteiger charge is 2.52. The molecule has 0 aromatic carbocycles. The SMILES string of the molecule is C=C1C[C@H](C(=O)OCC)C[C@@]1(C#N)S(C)(=O)=O. The zero-order chi connectivity index (χ0) is 13.3. The second-order valence-corrected chi connectivity index (χ2v) is 6.41. The van der Waals surface area contributed by atoms with Crippen molar-refractivity contribution in [3.63, 3.8) is 0 Å². The molecule has 1 saturated carbocycles. The summed E-state index contributed by atoms with van der Waals surface area (Å²) in [6, 6.07) is 1.80. The van der Waals surface area contributed by atoms with Gasteiger partial charge in [0, 0.05) is 6.26 Å². The molecule has 0 aliphatic heterocycles. The number of nitrogens with zero attached hydrogens (tertiary/aromatic N) is 1. The van der Waals surface area contributed by atoms with Crippen LogP contribution in [0.1, 0.15) is 19.8 Å². The van der Waals surface area contributed by atoms with Gasteiger partial charge in [0.25, 0.3) is 0 Å². The van der Waals surface area contributed by atoms with Crippen LogP contribution in [0.2, 0.25) is 0 Å². The molecule has 0 amide bonds. The lowest BCUT2D eigenvalue weighted by Crippen LogP contribution is -2.35. The smallest absolute Gasteiger partial charge is 0.309 e. The van der Waals surface area contributed by atoms with Crippen molar-refractivity contribution in [2.45, 2.75) is 24.5 Å². The number of hydrogen-bond donors (Lipinski definition) is 0. The molecule has 0 N–H and O–H groups in total. The highest BCUT2D eigenvalue weighted by atomic mass is 32.2. The number of nitriles is 1. The number of carbonyl (C=O) groups is 1. The third kappa shape index (κ3) is 2.20. The van der Waals surface area contributed by atoms with Gasteiger partial charge in [-0.25, -0.2) is 8.42 Å². The van der Waals surface area contributed by atoms with Crippen LogP contribution in [0, 0.1) is 17.2 Å². The van der Waals surface area contributed by atoms with E-state index in [4.69, 9.17) is 10.00 Å². The van der Waals surface area contributed by atoms with Crippen molar-refractivity contribution in [1.29, 1.82) is 5.26 Å². The largest absolute Gasteiger partial charge is 0.466 e. The van der Waals surface area contributed by atoms with Gasteiger partial charge in [0.2, 0.25) is 0 Å². The molecule has 0 aromatic rings. The van der Waals surface area contributed by atoms with Crippen molar-refractivity contribution < 1.29 is 17.9 Å². The van der Waals surface area contributed by atoms with Gasteiger partial charge >= 0.3 is 5.97 Å².